The van der Waals surface area contributed by atoms with Crippen molar-refractivity contribution in [1.29, 1.82) is 0 Å². The number of carbonyl (C=O) groups is 3. The van der Waals surface area contributed by atoms with Crippen LogP contribution in [0.2, 0.25) is 0 Å². The number of nitrogens with zero attached hydrogens (tertiary/aromatic N) is 1. The normalized spacial score (nSPS) is 11.5. The first kappa shape index (κ1) is 21.9. The Morgan fingerprint density at radius 2 is 1.63 bits per heavy atom. The molecule has 27 heavy (non-hydrogen) atoms. The lowest BCUT2D eigenvalue weighted by Crippen LogP contribution is -2.48. The molecule has 0 aliphatic rings. The van der Waals surface area contributed by atoms with E-state index in [1.54, 1.807) is 31.3 Å². The van der Waals surface area contributed by atoms with Gasteiger partial charge < -0.3 is 27.0 Å². The second-order valence-corrected chi connectivity index (χ2v) is 6.92. The first-order valence-electron chi connectivity index (χ1n) is 8.51. The Bertz CT molecular complexity index is 692. The highest BCUT2D eigenvalue weighted by molar-refractivity contribution is 5.96. The molecule has 9 heteroatoms. The number of amides is 3. The molecule has 9 nitrogen and oxygen atoms in total. The molecular formula is C18H28N6O3. The summed E-state index contributed by atoms with van der Waals surface area (Å²) >= 11 is 0. The van der Waals surface area contributed by atoms with Crippen LogP contribution in [0.15, 0.2) is 29.3 Å². The second-order valence-electron chi connectivity index (χ2n) is 6.92. The molecule has 0 spiro atoms. The monoisotopic (exact) mass is 376 g/mol. The fourth-order valence-electron chi connectivity index (χ4n) is 2.08. The molecule has 0 bridgehead atoms. The van der Waals surface area contributed by atoms with E-state index in [-0.39, 0.29) is 30.4 Å². The predicted octanol–water partition coefficient (Wildman–Crippen LogP) is -0.519. The van der Waals surface area contributed by atoms with E-state index < -0.39 is 5.91 Å². The van der Waals surface area contributed by atoms with Gasteiger partial charge in [-0.1, -0.05) is 12.1 Å². The van der Waals surface area contributed by atoms with E-state index in [4.69, 9.17) is 5.73 Å². The van der Waals surface area contributed by atoms with Gasteiger partial charge in [-0.25, -0.2) is 0 Å². The highest BCUT2D eigenvalue weighted by atomic mass is 16.2. The summed E-state index contributed by atoms with van der Waals surface area (Å²) in [5, 5.41) is 11.3. The fourth-order valence-corrected chi connectivity index (χ4v) is 2.08. The molecule has 148 valence electrons. The quantitative estimate of drug-likeness (QED) is 0.322. The van der Waals surface area contributed by atoms with Crippen LogP contribution in [0.4, 0.5) is 0 Å². The molecule has 0 saturated heterocycles. The zero-order valence-electron chi connectivity index (χ0n) is 16.2. The predicted molar refractivity (Wildman–Crippen MR) is 104 cm³/mol. The number of aliphatic imine (C=N–C) groups is 1. The molecule has 0 saturated carbocycles. The third kappa shape index (κ3) is 9.24. The van der Waals surface area contributed by atoms with Crippen LogP contribution in [0.3, 0.4) is 0 Å². The van der Waals surface area contributed by atoms with Gasteiger partial charge in [0, 0.05) is 24.7 Å². The van der Waals surface area contributed by atoms with E-state index in [9.17, 15) is 14.4 Å². The van der Waals surface area contributed by atoms with Gasteiger partial charge >= 0.3 is 0 Å². The average molecular weight is 376 g/mol. The molecule has 0 heterocycles. The zero-order valence-corrected chi connectivity index (χ0v) is 16.2. The average Bonchev–Trinajstić information content (AvgIpc) is 2.58. The van der Waals surface area contributed by atoms with Crippen LogP contribution in [-0.4, -0.2) is 49.4 Å². The number of guanidine groups is 1. The van der Waals surface area contributed by atoms with Gasteiger partial charge in [-0.3, -0.25) is 19.4 Å². The van der Waals surface area contributed by atoms with E-state index in [0.29, 0.717) is 18.1 Å². The molecule has 0 aromatic heterocycles. The molecule has 0 aliphatic heterocycles. The number of carbonyl (C=O) groups excluding carboxylic acids is 3. The minimum Gasteiger partial charge on any atom is -0.368 e. The maximum absolute atomic E-state index is 11.8. The van der Waals surface area contributed by atoms with E-state index >= 15 is 0 Å². The number of primary amides is 1. The first-order chi connectivity index (χ1) is 12.6. The lowest BCUT2D eigenvalue weighted by molar-refractivity contribution is -0.121. The summed E-state index contributed by atoms with van der Waals surface area (Å²) in [5.41, 5.74) is 6.05. The van der Waals surface area contributed by atoms with Gasteiger partial charge in [0.2, 0.25) is 11.8 Å². The summed E-state index contributed by atoms with van der Waals surface area (Å²) in [6, 6.07) is 6.87. The Morgan fingerprint density at radius 3 is 2.15 bits per heavy atom. The lowest BCUT2D eigenvalue weighted by Gasteiger charge is -2.21. The minimum atomic E-state index is -0.598. The summed E-state index contributed by atoms with van der Waals surface area (Å²) < 4.78 is 0. The topological polar surface area (TPSA) is 138 Å². The third-order valence-electron chi connectivity index (χ3n) is 3.25. The maximum Gasteiger partial charge on any atom is 0.251 e. The molecule has 1 aromatic rings. The van der Waals surface area contributed by atoms with Crippen molar-refractivity contribution in [3.63, 3.8) is 0 Å². The van der Waals surface area contributed by atoms with Crippen molar-refractivity contribution >= 4 is 23.7 Å². The minimum absolute atomic E-state index is 0.107. The SMILES string of the molecule is CN=C(NCC(=O)NC(C)(C)C)NCc1ccc(C(=O)NCC(N)=O)cc1. The van der Waals surface area contributed by atoms with Crippen LogP contribution in [0.5, 0.6) is 0 Å². The fraction of sp³-hybridized carbons (Fsp3) is 0.444. The van der Waals surface area contributed by atoms with Gasteiger partial charge in [0.25, 0.3) is 5.91 Å². The lowest BCUT2D eigenvalue weighted by atomic mass is 10.1. The zero-order chi connectivity index (χ0) is 20.4. The van der Waals surface area contributed by atoms with Crippen molar-refractivity contribution in [1.82, 2.24) is 21.3 Å². The van der Waals surface area contributed by atoms with Crippen LogP contribution in [0, 0.1) is 0 Å². The van der Waals surface area contributed by atoms with Gasteiger partial charge in [0.05, 0.1) is 13.1 Å². The Morgan fingerprint density at radius 1 is 1.00 bits per heavy atom. The van der Waals surface area contributed by atoms with Gasteiger partial charge in [0.15, 0.2) is 5.96 Å². The molecular weight excluding hydrogens is 348 g/mol. The summed E-state index contributed by atoms with van der Waals surface area (Å²) in [6.45, 7) is 6.11. The summed E-state index contributed by atoms with van der Waals surface area (Å²) in [6.07, 6.45) is 0. The number of rotatable bonds is 7. The Hall–Kier alpha value is -3.10. The number of benzene rings is 1. The number of nitrogens with two attached hydrogens (primary N) is 1. The van der Waals surface area contributed by atoms with Crippen molar-refractivity contribution in [2.45, 2.75) is 32.9 Å². The molecule has 0 unspecified atom stereocenters. The van der Waals surface area contributed by atoms with Gasteiger partial charge in [-0.05, 0) is 38.5 Å². The van der Waals surface area contributed by atoms with Crippen molar-refractivity contribution in [3.8, 4) is 0 Å². The van der Waals surface area contributed by atoms with Crippen LogP contribution in [-0.2, 0) is 16.1 Å². The molecule has 3 amide bonds. The molecule has 0 atom stereocenters. The third-order valence-corrected chi connectivity index (χ3v) is 3.25. The molecule has 6 N–H and O–H groups in total. The highest BCUT2D eigenvalue weighted by Gasteiger charge is 2.13. The molecule has 0 fully saturated rings. The van der Waals surface area contributed by atoms with Crippen molar-refractivity contribution < 1.29 is 14.4 Å². The number of hydrogen-bond acceptors (Lipinski definition) is 4. The number of hydrogen-bond donors (Lipinski definition) is 5. The Kier molecular flexibility index (Phi) is 8.25. The van der Waals surface area contributed by atoms with E-state index in [1.807, 2.05) is 20.8 Å². The molecule has 0 aliphatic carbocycles. The molecule has 0 radical (unpaired) electrons. The van der Waals surface area contributed by atoms with Crippen molar-refractivity contribution in [2.24, 2.45) is 10.7 Å². The van der Waals surface area contributed by atoms with E-state index in [2.05, 4.69) is 26.3 Å². The Balaban J connectivity index is 2.48. The highest BCUT2D eigenvalue weighted by Crippen LogP contribution is 2.04. The maximum atomic E-state index is 11.8. The molecule has 1 rings (SSSR count). The van der Waals surface area contributed by atoms with Crippen molar-refractivity contribution in [2.75, 3.05) is 20.1 Å². The van der Waals surface area contributed by atoms with Gasteiger partial charge in [0.1, 0.15) is 0 Å². The Labute approximate surface area is 159 Å². The standard InChI is InChI=1S/C18H28N6O3/c1-18(2,3)24-15(26)11-23-17(20-4)22-9-12-5-7-13(8-6-12)16(27)21-10-14(19)25/h5-8H,9-11H2,1-4H3,(H2,19,25)(H,21,27)(H,24,26)(H2,20,22,23). The van der Waals surface area contributed by atoms with Crippen LogP contribution in [0.25, 0.3) is 0 Å². The number of nitrogens with one attached hydrogen (secondary N) is 4. The van der Waals surface area contributed by atoms with Crippen LogP contribution in [0.1, 0.15) is 36.7 Å². The van der Waals surface area contributed by atoms with Gasteiger partial charge in [-0.2, -0.15) is 0 Å². The summed E-state index contributed by atoms with van der Waals surface area (Å²) in [4.78, 5) is 38.4. The largest absolute Gasteiger partial charge is 0.368 e. The van der Waals surface area contributed by atoms with Crippen molar-refractivity contribution in [3.05, 3.63) is 35.4 Å². The molecule has 1 aromatic carbocycles. The van der Waals surface area contributed by atoms with E-state index in [0.717, 1.165) is 5.56 Å². The van der Waals surface area contributed by atoms with E-state index in [1.165, 1.54) is 0 Å². The van der Waals surface area contributed by atoms with Crippen LogP contribution >= 0.6 is 0 Å². The summed E-state index contributed by atoms with van der Waals surface area (Å²) in [7, 11) is 1.61. The second kappa shape index (κ2) is 10.1. The first-order valence-corrected chi connectivity index (χ1v) is 8.51. The van der Waals surface area contributed by atoms with Crippen LogP contribution < -0.4 is 27.0 Å². The van der Waals surface area contributed by atoms with Gasteiger partial charge in [-0.15, -0.1) is 0 Å². The summed E-state index contributed by atoms with van der Waals surface area (Å²) in [5.74, 6) is -0.603. The smallest absolute Gasteiger partial charge is 0.251 e.